The molecule has 0 aliphatic heterocycles. The Kier molecular flexibility index (Phi) is 4.83. The highest BCUT2D eigenvalue weighted by molar-refractivity contribution is 5.50. The van der Waals surface area contributed by atoms with Crippen molar-refractivity contribution < 1.29 is 0 Å². The highest BCUT2D eigenvalue weighted by atomic mass is 15.3. The van der Waals surface area contributed by atoms with Crippen LogP contribution >= 0.6 is 0 Å². The molecule has 0 spiro atoms. The highest BCUT2D eigenvalue weighted by Crippen LogP contribution is 2.25. The predicted molar refractivity (Wildman–Crippen MR) is 85.1 cm³/mol. The lowest BCUT2D eigenvalue weighted by atomic mass is 9.99. The molecule has 2 N–H and O–H groups in total. The van der Waals surface area contributed by atoms with E-state index in [0.29, 0.717) is 5.92 Å². The Morgan fingerprint density at radius 1 is 1.20 bits per heavy atom. The molecule has 1 heterocycles. The zero-order valence-electron chi connectivity index (χ0n) is 12.8. The molecule has 3 heteroatoms. The van der Waals surface area contributed by atoms with Gasteiger partial charge in [-0.2, -0.15) is 5.10 Å². The van der Waals surface area contributed by atoms with Gasteiger partial charge in [0.15, 0.2) is 0 Å². The smallest absolute Gasteiger partial charge is 0.130 e. The summed E-state index contributed by atoms with van der Waals surface area (Å²) in [5, 5.41) is 4.78. The largest absolute Gasteiger partial charge is 0.383 e. The summed E-state index contributed by atoms with van der Waals surface area (Å²) in [6, 6.07) is 10.1. The normalized spacial score (nSPS) is 12.6. The van der Waals surface area contributed by atoms with Gasteiger partial charge >= 0.3 is 0 Å². The van der Waals surface area contributed by atoms with Crippen molar-refractivity contribution in [1.29, 1.82) is 0 Å². The lowest BCUT2D eigenvalue weighted by Crippen LogP contribution is -2.02. The van der Waals surface area contributed by atoms with Crippen LogP contribution in [0.25, 0.3) is 5.69 Å². The molecule has 1 unspecified atom stereocenters. The van der Waals surface area contributed by atoms with Crippen molar-refractivity contribution in [2.24, 2.45) is 5.92 Å². The monoisotopic (exact) mass is 271 g/mol. The molecule has 0 aliphatic carbocycles. The van der Waals surface area contributed by atoms with Crippen molar-refractivity contribution >= 4 is 5.82 Å². The molecule has 1 atom stereocenters. The maximum atomic E-state index is 6.34. The Labute approximate surface area is 121 Å². The second-order valence-corrected chi connectivity index (χ2v) is 5.53. The first-order chi connectivity index (χ1) is 9.67. The number of rotatable bonds is 6. The third kappa shape index (κ3) is 3.03. The maximum absolute atomic E-state index is 6.34. The lowest BCUT2D eigenvalue weighted by molar-refractivity contribution is 0.547. The fourth-order valence-corrected chi connectivity index (χ4v) is 2.44. The molecular formula is C17H25N3. The number of para-hydroxylation sites is 1. The van der Waals surface area contributed by atoms with Crippen LogP contribution < -0.4 is 5.73 Å². The average Bonchev–Trinajstić information content (AvgIpc) is 2.77. The Hall–Kier alpha value is -1.77. The van der Waals surface area contributed by atoms with Crippen LogP contribution in [0.3, 0.4) is 0 Å². The molecule has 0 aliphatic rings. The summed E-state index contributed by atoms with van der Waals surface area (Å²) >= 11 is 0. The Bertz CT molecular complexity index is 543. The second kappa shape index (κ2) is 6.60. The van der Waals surface area contributed by atoms with E-state index in [0.717, 1.165) is 30.8 Å². The Morgan fingerprint density at radius 3 is 2.50 bits per heavy atom. The minimum Gasteiger partial charge on any atom is -0.383 e. The molecule has 2 aromatic rings. The average molecular weight is 271 g/mol. The van der Waals surface area contributed by atoms with Gasteiger partial charge in [-0.25, -0.2) is 4.68 Å². The van der Waals surface area contributed by atoms with Crippen molar-refractivity contribution in [3.05, 3.63) is 41.6 Å². The fraction of sp³-hybridized carbons (Fsp3) is 0.471. The van der Waals surface area contributed by atoms with E-state index in [4.69, 9.17) is 10.8 Å². The summed E-state index contributed by atoms with van der Waals surface area (Å²) in [5.74, 6) is 1.44. The zero-order valence-corrected chi connectivity index (χ0v) is 12.8. The number of nitrogens with zero attached hydrogens (tertiary/aromatic N) is 2. The summed E-state index contributed by atoms with van der Waals surface area (Å²) in [7, 11) is 0. The summed E-state index contributed by atoms with van der Waals surface area (Å²) in [4.78, 5) is 0. The molecule has 0 saturated heterocycles. The summed E-state index contributed by atoms with van der Waals surface area (Å²) in [5.41, 5.74) is 9.78. The van der Waals surface area contributed by atoms with Crippen molar-refractivity contribution in [1.82, 2.24) is 9.78 Å². The Morgan fingerprint density at radius 2 is 1.90 bits per heavy atom. The predicted octanol–water partition coefficient (Wildman–Crippen LogP) is 4.00. The molecule has 1 aromatic carbocycles. The molecule has 0 bridgehead atoms. The van der Waals surface area contributed by atoms with Crippen molar-refractivity contribution in [3.63, 3.8) is 0 Å². The molecule has 2 rings (SSSR count). The van der Waals surface area contributed by atoms with Crippen LogP contribution in [0.2, 0.25) is 0 Å². The molecule has 0 radical (unpaired) electrons. The molecule has 108 valence electrons. The van der Waals surface area contributed by atoms with Crippen molar-refractivity contribution in [3.8, 4) is 5.69 Å². The first-order valence-corrected chi connectivity index (χ1v) is 7.59. The second-order valence-electron chi connectivity index (χ2n) is 5.53. The van der Waals surface area contributed by atoms with Crippen LogP contribution in [0.5, 0.6) is 0 Å². The van der Waals surface area contributed by atoms with Crippen molar-refractivity contribution in [2.45, 2.75) is 46.5 Å². The lowest BCUT2D eigenvalue weighted by Gasteiger charge is -2.07. The van der Waals surface area contributed by atoms with Gasteiger partial charge < -0.3 is 5.73 Å². The van der Waals surface area contributed by atoms with Gasteiger partial charge in [0.1, 0.15) is 5.82 Å². The van der Waals surface area contributed by atoms with E-state index in [2.05, 4.69) is 20.8 Å². The Balaban J connectivity index is 2.41. The van der Waals surface area contributed by atoms with Crippen LogP contribution in [-0.4, -0.2) is 9.78 Å². The number of aromatic nitrogens is 2. The summed E-state index contributed by atoms with van der Waals surface area (Å²) in [6.07, 6.45) is 4.28. The van der Waals surface area contributed by atoms with Gasteiger partial charge in [0.05, 0.1) is 11.4 Å². The molecule has 0 amide bonds. The first kappa shape index (κ1) is 14.6. The number of hydrogen-bond acceptors (Lipinski definition) is 2. The zero-order chi connectivity index (χ0) is 14.5. The molecule has 0 saturated carbocycles. The van der Waals surface area contributed by atoms with E-state index in [1.807, 2.05) is 35.0 Å². The number of nitrogens with two attached hydrogens (primary N) is 1. The molecule has 3 nitrogen and oxygen atoms in total. The number of benzene rings is 1. The minimum absolute atomic E-state index is 0.643. The maximum Gasteiger partial charge on any atom is 0.130 e. The van der Waals surface area contributed by atoms with Crippen LogP contribution in [0.15, 0.2) is 30.3 Å². The van der Waals surface area contributed by atoms with E-state index in [9.17, 15) is 0 Å². The van der Waals surface area contributed by atoms with Gasteiger partial charge in [0, 0.05) is 5.56 Å². The van der Waals surface area contributed by atoms with Crippen LogP contribution in [-0.2, 0) is 12.8 Å². The number of nitrogen functional groups attached to an aromatic ring is 1. The van der Waals surface area contributed by atoms with E-state index >= 15 is 0 Å². The standard InChI is InChI=1S/C17H25N3/c1-4-9-15-16(12-13(3)5-2)19-20(17(15)18)14-10-7-6-8-11-14/h6-8,10-11,13H,4-5,9,12,18H2,1-3H3. The quantitative estimate of drug-likeness (QED) is 0.863. The number of hydrogen-bond donors (Lipinski definition) is 1. The summed E-state index contributed by atoms with van der Waals surface area (Å²) < 4.78 is 1.89. The van der Waals surface area contributed by atoms with Crippen LogP contribution in [0.4, 0.5) is 5.82 Å². The fourth-order valence-electron chi connectivity index (χ4n) is 2.44. The van der Waals surface area contributed by atoms with Crippen LogP contribution in [0.1, 0.15) is 44.9 Å². The highest BCUT2D eigenvalue weighted by Gasteiger charge is 2.17. The van der Waals surface area contributed by atoms with E-state index in [-0.39, 0.29) is 0 Å². The SMILES string of the molecule is CCCc1c(CC(C)CC)nn(-c2ccccc2)c1N. The minimum atomic E-state index is 0.643. The van der Waals surface area contributed by atoms with Crippen LogP contribution in [0, 0.1) is 5.92 Å². The molecule has 0 fully saturated rings. The van der Waals surface area contributed by atoms with Gasteiger partial charge in [0.25, 0.3) is 0 Å². The molecular weight excluding hydrogens is 246 g/mol. The van der Waals surface area contributed by atoms with Gasteiger partial charge in [-0.1, -0.05) is 51.8 Å². The van der Waals surface area contributed by atoms with E-state index < -0.39 is 0 Å². The van der Waals surface area contributed by atoms with Gasteiger partial charge in [-0.05, 0) is 30.9 Å². The molecule has 20 heavy (non-hydrogen) atoms. The third-order valence-corrected chi connectivity index (χ3v) is 3.85. The van der Waals surface area contributed by atoms with Gasteiger partial charge in [-0.15, -0.1) is 0 Å². The molecule has 1 aromatic heterocycles. The summed E-state index contributed by atoms with van der Waals surface area (Å²) in [6.45, 7) is 6.68. The van der Waals surface area contributed by atoms with Gasteiger partial charge in [-0.3, -0.25) is 0 Å². The van der Waals surface area contributed by atoms with Gasteiger partial charge in [0.2, 0.25) is 0 Å². The van der Waals surface area contributed by atoms with E-state index in [1.165, 1.54) is 17.7 Å². The first-order valence-electron chi connectivity index (χ1n) is 7.59. The number of anilines is 1. The van der Waals surface area contributed by atoms with Crippen molar-refractivity contribution in [2.75, 3.05) is 5.73 Å². The van der Waals surface area contributed by atoms with E-state index in [1.54, 1.807) is 0 Å². The third-order valence-electron chi connectivity index (χ3n) is 3.85. The topological polar surface area (TPSA) is 43.8 Å².